The molecule has 0 bridgehead atoms. The number of rotatable bonds is 3. The Labute approximate surface area is 140 Å². The van der Waals surface area contributed by atoms with Crippen LogP contribution in [0.2, 0.25) is 0 Å². The number of sulfonamides is 1. The van der Waals surface area contributed by atoms with E-state index in [1.54, 1.807) is 36.5 Å². The molecule has 0 saturated heterocycles. The van der Waals surface area contributed by atoms with Crippen LogP contribution in [-0.4, -0.2) is 24.6 Å². The predicted octanol–water partition coefficient (Wildman–Crippen LogP) is 2.17. The van der Waals surface area contributed by atoms with Crippen LogP contribution in [0.1, 0.15) is 17.2 Å². The number of hydrogen-bond acceptors (Lipinski definition) is 4. The van der Waals surface area contributed by atoms with Gasteiger partial charge in [0.1, 0.15) is 0 Å². The van der Waals surface area contributed by atoms with Gasteiger partial charge in [-0.05, 0) is 35.4 Å². The van der Waals surface area contributed by atoms with E-state index in [1.165, 1.54) is 0 Å². The number of aliphatic hydroxyl groups is 1. The average Bonchev–Trinajstić information content (AvgIpc) is 2.90. The minimum atomic E-state index is -3.80. The Morgan fingerprint density at radius 1 is 1.04 bits per heavy atom. The van der Waals surface area contributed by atoms with Crippen LogP contribution in [0.25, 0.3) is 10.9 Å². The molecule has 6 heteroatoms. The second kappa shape index (κ2) is 5.66. The summed E-state index contributed by atoms with van der Waals surface area (Å²) >= 11 is 0. The van der Waals surface area contributed by atoms with Gasteiger partial charge in [0.05, 0.1) is 22.6 Å². The van der Waals surface area contributed by atoms with Crippen LogP contribution in [0.5, 0.6) is 0 Å². The van der Waals surface area contributed by atoms with Crippen molar-refractivity contribution in [2.45, 2.75) is 23.5 Å². The highest BCUT2D eigenvalue weighted by Gasteiger charge is 2.34. The smallest absolute Gasteiger partial charge is 0.241 e. The van der Waals surface area contributed by atoms with Crippen LogP contribution >= 0.6 is 0 Å². The molecule has 1 aliphatic carbocycles. The van der Waals surface area contributed by atoms with Gasteiger partial charge in [-0.3, -0.25) is 4.98 Å². The SMILES string of the molecule is O=S(=O)(NC1c2ccccc2CC1O)c1cccc2ncccc12. The van der Waals surface area contributed by atoms with Crippen molar-refractivity contribution in [2.24, 2.45) is 0 Å². The van der Waals surface area contributed by atoms with E-state index in [-0.39, 0.29) is 4.90 Å². The number of benzene rings is 2. The lowest BCUT2D eigenvalue weighted by atomic mass is 10.1. The monoisotopic (exact) mass is 340 g/mol. The van der Waals surface area contributed by atoms with Crippen LogP contribution < -0.4 is 4.72 Å². The summed E-state index contributed by atoms with van der Waals surface area (Å²) in [6.45, 7) is 0. The number of aromatic nitrogens is 1. The molecule has 4 rings (SSSR count). The van der Waals surface area contributed by atoms with Crippen molar-refractivity contribution in [1.29, 1.82) is 0 Å². The van der Waals surface area contributed by atoms with Crippen molar-refractivity contribution < 1.29 is 13.5 Å². The molecule has 0 aliphatic heterocycles. The van der Waals surface area contributed by atoms with Crippen LogP contribution in [0.15, 0.2) is 65.7 Å². The molecule has 2 atom stereocenters. The number of nitrogens with zero attached hydrogens (tertiary/aromatic N) is 1. The van der Waals surface area contributed by atoms with Gasteiger partial charge in [-0.25, -0.2) is 13.1 Å². The van der Waals surface area contributed by atoms with Crippen LogP contribution in [-0.2, 0) is 16.4 Å². The van der Waals surface area contributed by atoms with Gasteiger partial charge in [0, 0.05) is 18.0 Å². The van der Waals surface area contributed by atoms with Crippen LogP contribution in [0, 0.1) is 0 Å². The molecule has 0 fully saturated rings. The lowest BCUT2D eigenvalue weighted by Gasteiger charge is -2.18. The van der Waals surface area contributed by atoms with E-state index in [1.807, 2.05) is 24.3 Å². The van der Waals surface area contributed by atoms with Crippen molar-refractivity contribution in [3.05, 3.63) is 71.9 Å². The quantitative estimate of drug-likeness (QED) is 0.766. The first-order chi connectivity index (χ1) is 11.6. The van der Waals surface area contributed by atoms with E-state index in [0.717, 1.165) is 11.1 Å². The zero-order valence-corrected chi connectivity index (χ0v) is 13.6. The van der Waals surface area contributed by atoms with Gasteiger partial charge in [-0.2, -0.15) is 0 Å². The van der Waals surface area contributed by atoms with Crippen molar-refractivity contribution >= 4 is 20.9 Å². The molecule has 1 aliphatic rings. The second-order valence-corrected chi connectivity index (χ2v) is 7.58. The third-order valence-corrected chi connectivity index (χ3v) is 5.88. The zero-order chi connectivity index (χ0) is 16.7. The average molecular weight is 340 g/mol. The Balaban J connectivity index is 1.76. The number of aliphatic hydroxyl groups excluding tert-OH is 1. The van der Waals surface area contributed by atoms with E-state index >= 15 is 0 Å². The van der Waals surface area contributed by atoms with Gasteiger partial charge in [-0.15, -0.1) is 0 Å². The maximum atomic E-state index is 12.9. The molecule has 5 nitrogen and oxygen atoms in total. The molecule has 122 valence electrons. The number of nitrogens with one attached hydrogen (secondary N) is 1. The minimum Gasteiger partial charge on any atom is -0.391 e. The van der Waals surface area contributed by atoms with Crippen molar-refractivity contribution in [3.8, 4) is 0 Å². The van der Waals surface area contributed by atoms with Crippen molar-refractivity contribution in [2.75, 3.05) is 0 Å². The van der Waals surface area contributed by atoms with Gasteiger partial charge in [0.15, 0.2) is 0 Å². The molecule has 1 heterocycles. The lowest BCUT2D eigenvalue weighted by molar-refractivity contribution is 0.151. The first-order valence-corrected chi connectivity index (χ1v) is 9.16. The van der Waals surface area contributed by atoms with Gasteiger partial charge < -0.3 is 5.11 Å². The molecule has 3 aromatic rings. The molecule has 0 spiro atoms. The third kappa shape index (κ3) is 2.49. The maximum absolute atomic E-state index is 12.9. The largest absolute Gasteiger partial charge is 0.391 e. The Bertz CT molecular complexity index is 1010. The minimum absolute atomic E-state index is 0.171. The fourth-order valence-corrected chi connectivity index (χ4v) is 4.72. The van der Waals surface area contributed by atoms with Crippen molar-refractivity contribution in [3.63, 3.8) is 0 Å². The topological polar surface area (TPSA) is 79.3 Å². The Morgan fingerprint density at radius 3 is 2.75 bits per heavy atom. The highest BCUT2D eigenvalue weighted by molar-refractivity contribution is 7.89. The summed E-state index contributed by atoms with van der Waals surface area (Å²) in [5, 5.41) is 10.9. The van der Waals surface area contributed by atoms with E-state index < -0.39 is 22.2 Å². The predicted molar refractivity (Wildman–Crippen MR) is 91.0 cm³/mol. The zero-order valence-electron chi connectivity index (χ0n) is 12.8. The Hall–Kier alpha value is -2.28. The molecule has 2 N–H and O–H groups in total. The summed E-state index contributed by atoms with van der Waals surface area (Å²) < 4.78 is 28.5. The highest BCUT2D eigenvalue weighted by Crippen LogP contribution is 2.33. The first kappa shape index (κ1) is 15.3. The molecule has 0 amide bonds. The maximum Gasteiger partial charge on any atom is 0.241 e. The first-order valence-electron chi connectivity index (χ1n) is 7.68. The summed E-state index contributed by atoms with van der Waals surface area (Å²) in [6.07, 6.45) is 1.30. The second-order valence-electron chi connectivity index (χ2n) is 5.90. The van der Waals surface area contributed by atoms with E-state index in [2.05, 4.69) is 9.71 Å². The number of fused-ring (bicyclic) bond motifs is 2. The molecule has 0 radical (unpaired) electrons. The van der Waals surface area contributed by atoms with Crippen LogP contribution in [0.3, 0.4) is 0 Å². The lowest BCUT2D eigenvalue weighted by Crippen LogP contribution is -2.34. The third-order valence-electron chi connectivity index (χ3n) is 4.38. The molecule has 0 saturated carbocycles. The molecular weight excluding hydrogens is 324 g/mol. The van der Waals surface area contributed by atoms with Gasteiger partial charge in [0.25, 0.3) is 0 Å². The normalized spacial score (nSPS) is 20.2. The van der Waals surface area contributed by atoms with Gasteiger partial charge >= 0.3 is 0 Å². The molecule has 2 aromatic carbocycles. The standard InChI is InChI=1S/C18H16N2O3S/c21-16-11-12-5-1-2-6-13(12)18(16)20-24(22,23)17-9-3-8-15-14(17)7-4-10-19-15/h1-10,16,18,20-21H,11H2. The molecule has 2 unspecified atom stereocenters. The fraction of sp³-hybridized carbons (Fsp3) is 0.167. The summed E-state index contributed by atoms with van der Waals surface area (Å²) in [5.41, 5.74) is 2.41. The fourth-order valence-electron chi connectivity index (χ4n) is 3.26. The summed E-state index contributed by atoms with van der Waals surface area (Å²) in [6, 6.07) is 15.3. The Morgan fingerprint density at radius 2 is 1.88 bits per heavy atom. The highest BCUT2D eigenvalue weighted by atomic mass is 32.2. The van der Waals surface area contributed by atoms with Gasteiger partial charge in [-0.1, -0.05) is 30.3 Å². The Kier molecular flexibility index (Phi) is 3.60. The van der Waals surface area contributed by atoms with Crippen molar-refractivity contribution in [1.82, 2.24) is 9.71 Å². The summed E-state index contributed by atoms with van der Waals surface area (Å²) in [7, 11) is -3.80. The molecule has 24 heavy (non-hydrogen) atoms. The number of pyridine rings is 1. The molecule has 1 aromatic heterocycles. The number of hydrogen-bond donors (Lipinski definition) is 2. The van der Waals surface area contributed by atoms with Crippen LogP contribution in [0.4, 0.5) is 0 Å². The summed E-state index contributed by atoms with van der Waals surface area (Å²) in [4.78, 5) is 4.37. The van der Waals surface area contributed by atoms with E-state index in [0.29, 0.717) is 17.3 Å². The van der Waals surface area contributed by atoms with E-state index in [4.69, 9.17) is 0 Å². The summed E-state index contributed by atoms with van der Waals surface area (Å²) in [5.74, 6) is 0. The van der Waals surface area contributed by atoms with Gasteiger partial charge in [0.2, 0.25) is 10.0 Å². The molecular formula is C18H16N2O3S. The van der Waals surface area contributed by atoms with E-state index in [9.17, 15) is 13.5 Å².